The van der Waals surface area contributed by atoms with E-state index in [4.69, 9.17) is 0 Å². The molecule has 1 aromatic carbocycles. The van der Waals surface area contributed by atoms with Crippen molar-refractivity contribution in [2.45, 2.75) is 13.8 Å². The van der Waals surface area contributed by atoms with Crippen molar-refractivity contribution in [3.8, 4) is 0 Å². The molecule has 2 rings (SSSR count). The van der Waals surface area contributed by atoms with Crippen molar-refractivity contribution in [2.24, 2.45) is 0 Å². The van der Waals surface area contributed by atoms with E-state index in [0.29, 0.717) is 21.3 Å². The first-order valence-corrected chi connectivity index (χ1v) is 5.37. The van der Waals surface area contributed by atoms with Crippen LogP contribution in [0.4, 0.5) is 5.69 Å². The number of halogens is 1. The Kier molecular flexibility index (Phi) is 2.59. The summed E-state index contributed by atoms with van der Waals surface area (Å²) in [7, 11) is 0. The summed E-state index contributed by atoms with van der Waals surface area (Å²) >= 11 is 3.29. The lowest BCUT2D eigenvalue weighted by molar-refractivity contribution is -0.383. The molecule has 0 aliphatic rings. The second-order valence-corrected chi connectivity index (χ2v) is 4.25. The van der Waals surface area contributed by atoms with Crippen LogP contribution in [0, 0.1) is 24.0 Å². The molecule has 0 atom stereocenters. The molecule has 0 radical (unpaired) electrons. The molecule has 0 unspecified atom stereocenters. The average molecular weight is 282 g/mol. The number of non-ortho nitro benzene ring substituents is 1. The summed E-state index contributed by atoms with van der Waals surface area (Å²) in [5.41, 5.74) is 1.20. The lowest BCUT2D eigenvalue weighted by atomic mass is 10.1. The van der Waals surface area contributed by atoms with E-state index in [1.54, 1.807) is 13.8 Å². The number of hydrogen-bond acceptors (Lipinski definition) is 4. The van der Waals surface area contributed by atoms with Gasteiger partial charge in [-0.3, -0.25) is 10.1 Å². The molecule has 0 fully saturated rings. The molecule has 0 N–H and O–H groups in total. The molecular weight excluding hydrogens is 274 g/mol. The average Bonchev–Trinajstić information content (AvgIpc) is 2.18. The van der Waals surface area contributed by atoms with E-state index in [1.165, 1.54) is 6.07 Å². The molecule has 0 saturated heterocycles. The zero-order valence-electron chi connectivity index (χ0n) is 8.69. The maximum atomic E-state index is 10.9. The van der Waals surface area contributed by atoms with Gasteiger partial charge in [0.1, 0.15) is 10.4 Å². The van der Waals surface area contributed by atoms with Crippen LogP contribution in [0.5, 0.6) is 0 Å². The van der Waals surface area contributed by atoms with Gasteiger partial charge in [-0.25, -0.2) is 9.97 Å². The molecular formula is C10H8BrN3O2. The van der Waals surface area contributed by atoms with Gasteiger partial charge in [-0.2, -0.15) is 0 Å². The Labute approximate surface area is 99.8 Å². The Morgan fingerprint density at radius 3 is 2.62 bits per heavy atom. The zero-order chi connectivity index (χ0) is 11.9. The molecule has 82 valence electrons. The maximum Gasteiger partial charge on any atom is 0.295 e. The standard InChI is InChI=1S/C10H8BrN3O2/c1-5-3-7-9(8(4-5)14(15)16)12-6(2)13-10(7)11/h3-4H,1-2H3. The number of hydrogen-bond donors (Lipinski definition) is 0. The van der Waals surface area contributed by atoms with Gasteiger partial charge in [-0.1, -0.05) is 0 Å². The third-order valence-electron chi connectivity index (χ3n) is 2.19. The van der Waals surface area contributed by atoms with Crippen molar-refractivity contribution < 1.29 is 4.92 Å². The summed E-state index contributed by atoms with van der Waals surface area (Å²) in [6.07, 6.45) is 0. The van der Waals surface area contributed by atoms with E-state index in [-0.39, 0.29) is 5.69 Å². The zero-order valence-corrected chi connectivity index (χ0v) is 10.3. The van der Waals surface area contributed by atoms with E-state index >= 15 is 0 Å². The van der Waals surface area contributed by atoms with Crippen molar-refractivity contribution in [2.75, 3.05) is 0 Å². The predicted octanol–water partition coefficient (Wildman–Crippen LogP) is 2.92. The predicted molar refractivity (Wildman–Crippen MR) is 63.4 cm³/mol. The lowest BCUT2D eigenvalue weighted by Crippen LogP contribution is -1.97. The summed E-state index contributed by atoms with van der Waals surface area (Å²) in [6, 6.07) is 3.34. The monoisotopic (exact) mass is 281 g/mol. The molecule has 0 saturated carbocycles. The summed E-state index contributed by atoms with van der Waals surface area (Å²) in [4.78, 5) is 18.7. The van der Waals surface area contributed by atoms with Crippen LogP contribution in [0.25, 0.3) is 10.9 Å². The fourth-order valence-electron chi connectivity index (χ4n) is 1.56. The van der Waals surface area contributed by atoms with E-state index in [9.17, 15) is 10.1 Å². The summed E-state index contributed by atoms with van der Waals surface area (Å²) in [6.45, 7) is 3.51. The Morgan fingerprint density at radius 2 is 2.00 bits per heavy atom. The molecule has 1 heterocycles. The number of benzene rings is 1. The van der Waals surface area contributed by atoms with E-state index < -0.39 is 4.92 Å². The largest absolute Gasteiger partial charge is 0.295 e. The van der Waals surface area contributed by atoms with Crippen molar-refractivity contribution in [1.82, 2.24) is 9.97 Å². The minimum atomic E-state index is -0.422. The number of rotatable bonds is 1. The number of fused-ring (bicyclic) bond motifs is 1. The van der Waals surface area contributed by atoms with Gasteiger partial charge in [0.2, 0.25) is 0 Å². The minimum Gasteiger partial charge on any atom is -0.258 e. The van der Waals surface area contributed by atoms with E-state index in [0.717, 1.165) is 5.56 Å². The SMILES string of the molecule is Cc1cc([N+](=O)[O-])c2nc(C)nc(Br)c2c1. The Hall–Kier alpha value is -1.56. The molecule has 0 spiro atoms. The molecule has 1 aromatic heterocycles. The number of aryl methyl sites for hydroxylation is 2. The van der Waals surface area contributed by atoms with Crippen LogP contribution in [0.3, 0.4) is 0 Å². The van der Waals surface area contributed by atoms with Crippen LogP contribution in [0.2, 0.25) is 0 Å². The highest BCUT2D eigenvalue weighted by Crippen LogP contribution is 2.29. The van der Waals surface area contributed by atoms with Crippen LogP contribution >= 0.6 is 15.9 Å². The Bertz CT molecular complexity index is 598. The molecule has 2 aromatic rings. The first-order chi connectivity index (χ1) is 7.49. The molecule has 5 nitrogen and oxygen atoms in total. The molecule has 16 heavy (non-hydrogen) atoms. The van der Waals surface area contributed by atoms with Crippen LogP contribution in [-0.4, -0.2) is 14.9 Å². The molecule has 0 bridgehead atoms. The van der Waals surface area contributed by atoms with Gasteiger partial charge in [0.25, 0.3) is 5.69 Å². The third-order valence-corrected chi connectivity index (χ3v) is 2.79. The van der Waals surface area contributed by atoms with Crippen LogP contribution in [0.1, 0.15) is 11.4 Å². The van der Waals surface area contributed by atoms with Crippen molar-refractivity contribution in [3.63, 3.8) is 0 Å². The van der Waals surface area contributed by atoms with Gasteiger partial charge >= 0.3 is 0 Å². The fourth-order valence-corrected chi connectivity index (χ4v) is 2.12. The van der Waals surface area contributed by atoms with Crippen molar-refractivity contribution in [1.29, 1.82) is 0 Å². The number of nitro benzene ring substituents is 1. The van der Waals surface area contributed by atoms with E-state index in [2.05, 4.69) is 25.9 Å². The highest BCUT2D eigenvalue weighted by Gasteiger charge is 2.16. The molecule has 6 heteroatoms. The normalized spacial score (nSPS) is 10.7. The van der Waals surface area contributed by atoms with Crippen LogP contribution < -0.4 is 0 Å². The van der Waals surface area contributed by atoms with Gasteiger partial charge in [0, 0.05) is 11.5 Å². The Morgan fingerprint density at radius 1 is 1.31 bits per heavy atom. The third kappa shape index (κ3) is 1.76. The first-order valence-electron chi connectivity index (χ1n) is 4.58. The quantitative estimate of drug-likeness (QED) is 0.458. The summed E-state index contributed by atoms with van der Waals surface area (Å²) < 4.78 is 0.585. The smallest absolute Gasteiger partial charge is 0.258 e. The van der Waals surface area contributed by atoms with Crippen molar-refractivity contribution in [3.05, 3.63) is 38.2 Å². The van der Waals surface area contributed by atoms with Crippen molar-refractivity contribution >= 4 is 32.5 Å². The Balaban J connectivity index is 2.95. The molecule has 0 aliphatic heterocycles. The van der Waals surface area contributed by atoms with Gasteiger partial charge in [-0.15, -0.1) is 0 Å². The highest BCUT2D eigenvalue weighted by atomic mass is 79.9. The number of nitrogens with zero attached hydrogens (tertiary/aromatic N) is 3. The molecule has 0 amide bonds. The van der Waals surface area contributed by atoms with Crippen LogP contribution in [-0.2, 0) is 0 Å². The second-order valence-electron chi connectivity index (χ2n) is 3.50. The summed E-state index contributed by atoms with van der Waals surface area (Å²) in [5, 5.41) is 11.6. The van der Waals surface area contributed by atoms with Gasteiger partial charge in [-0.05, 0) is 41.4 Å². The topological polar surface area (TPSA) is 68.9 Å². The summed E-state index contributed by atoms with van der Waals surface area (Å²) in [5.74, 6) is 0.506. The van der Waals surface area contributed by atoms with Gasteiger partial charge in [0.05, 0.1) is 4.92 Å². The maximum absolute atomic E-state index is 10.9. The number of aromatic nitrogens is 2. The van der Waals surface area contributed by atoms with Gasteiger partial charge < -0.3 is 0 Å². The number of nitro groups is 1. The lowest BCUT2D eigenvalue weighted by Gasteiger charge is -2.03. The van der Waals surface area contributed by atoms with E-state index in [1.807, 2.05) is 6.07 Å². The van der Waals surface area contributed by atoms with Gasteiger partial charge in [0.15, 0.2) is 5.52 Å². The second kappa shape index (κ2) is 3.79. The molecule has 0 aliphatic carbocycles. The fraction of sp³-hybridized carbons (Fsp3) is 0.200. The first kappa shape index (κ1) is 10.9. The highest BCUT2D eigenvalue weighted by molar-refractivity contribution is 9.10. The minimum absolute atomic E-state index is 0.0150. The van der Waals surface area contributed by atoms with Crippen LogP contribution in [0.15, 0.2) is 16.7 Å².